The van der Waals surface area contributed by atoms with Crippen LogP contribution >= 0.6 is 0 Å². The van der Waals surface area contributed by atoms with Crippen molar-refractivity contribution in [3.8, 4) is 0 Å². The Bertz CT molecular complexity index is 416. The summed E-state index contributed by atoms with van der Waals surface area (Å²) in [5.74, 6) is -0.868. The Morgan fingerprint density at radius 2 is 2.11 bits per heavy atom. The van der Waals surface area contributed by atoms with Crippen molar-refractivity contribution in [2.45, 2.75) is 19.0 Å². The lowest BCUT2D eigenvalue weighted by Crippen LogP contribution is -2.33. The molecule has 0 radical (unpaired) electrons. The number of nitrogens with zero attached hydrogens (tertiary/aromatic N) is 2. The van der Waals surface area contributed by atoms with Gasteiger partial charge in [0, 0.05) is 19.1 Å². The molecule has 0 aliphatic carbocycles. The van der Waals surface area contributed by atoms with Crippen LogP contribution in [0.3, 0.4) is 0 Å². The van der Waals surface area contributed by atoms with Crippen molar-refractivity contribution in [2.24, 2.45) is 0 Å². The summed E-state index contributed by atoms with van der Waals surface area (Å²) in [4.78, 5) is 15.5. The molecule has 1 atom stereocenters. The predicted molar refractivity (Wildman–Crippen MR) is 70.8 cm³/mol. The number of carboxylic acid groups (broad SMARTS) is 1. The van der Waals surface area contributed by atoms with E-state index in [-0.39, 0.29) is 0 Å². The van der Waals surface area contributed by atoms with Crippen molar-refractivity contribution in [1.29, 1.82) is 0 Å². The molecule has 0 saturated carbocycles. The van der Waals surface area contributed by atoms with Crippen molar-refractivity contribution >= 4 is 5.97 Å². The maximum Gasteiger partial charge on any atom is 0.335 e. The minimum Gasteiger partial charge on any atom is -0.478 e. The topological polar surface area (TPSA) is 43.8 Å². The Kier molecular flexibility index (Phi) is 3.99. The maximum absolute atomic E-state index is 10.8. The second-order valence-electron chi connectivity index (χ2n) is 5.12. The second-order valence-corrected chi connectivity index (χ2v) is 5.12. The van der Waals surface area contributed by atoms with Crippen LogP contribution in [-0.2, 0) is 6.54 Å². The summed E-state index contributed by atoms with van der Waals surface area (Å²) >= 11 is 0. The number of carbonyl (C=O) groups is 1. The Hall–Kier alpha value is -1.39. The molecule has 0 amide bonds. The molecule has 18 heavy (non-hydrogen) atoms. The highest BCUT2D eigenvalue weighted by molar-refractivity contribution is 5.87. The van der Waals surface area contributed by atoms with Crippen LogP contribution in [0.1, 0.15) is 22.3 Å². The lowest BCUT2D eigenvalue weighted by Gasteiger charge is -2.24. The highest BCUT2D eigenvalue weighted by Crippen LogP contribution is 2.15. The van der Waals surface area contributed by atoms with E-state index in [0.29, 0.717) is 11.6 Å². The van der Waals surface area contributed by atoms with Crippen LogP contribution in [0.2, 0.25) is 0 Å². The second kappa shape index (κ2) is 5.50. The highest BCUT2D eigenvalue weighted by atomic mass is 16.4. The van der Waals surface area contributed by atoms with Gasteiger partial charge in [-0.05, 0) is 44.8 Å². The summed E-state index contributed by atoms with van der Waals surface area (Å²) in [7, 11) is 4.28. The zero-order chi connectivity index (χ0) is 13.1. The third-order valence-electron chi connectivity index (χ3n) is 3.62. The number of benzene rings is 1. The Morgan fingerprint density at radius 1 is 1.44 bits per heavy atom. The molecule has 1 aliphatic rings. The monoisotopic (exact) mass is 248 g/mol. The third kappa shape index (κ3) is 3.09. The predicted octanol–water partition coefficient (Wildman–Crippen LogP) is 1.52. The van der Waals surface area contributed by atoms with E-state index in [1.807, 2.05) is 12.1 Å². The molecule has 2 rings (SSSR count). The fourth-order valence-corrected chi connectivity index (χ4v) is 2.44. The number of hydrogen-bond acceptors (Lipinski definition) is 3. The van der Waals surface area contributed by atoms with E-state index in [4.69, 9.17) is 5.11 Å². The zero-order valence-electron chi connectivity index (χ0n) is 11.0. The minimum atomic E-state index is -0.868. The van der Waals surface area contributed by atoms with Gasteiger partial charge in [-0.3, -0.25) is 4.90 Å². The molecule has 1 heterocycles. The summed E-state index contributed by atoms with van der Waals surface area (Å²) in [6.45, 7) is 3.15. The average molecular weight is 248 g/mol. The zero-order valence-corrected chi connectivity index (χ0v) is 11.0. The maximum atomic E-state index is 10.8. The van der Waals surface area contributed by atoms with E-state index >= 15 is 0 Å². The summed E-state index contributed by atoms with van der Waals surface area (Å²) < 4.78 is 0. The van der Waals surface area contributed by atoms with E-state index in [1.165, 1.54) is 6.42 Å². The standard InChI is InChI=1S/C14H20N2O2/c1-15-8-7-13(10-15)16(2)9-11-3-5-12(6-4-11)14(17)18/h3-6,13H,7-10H2,1-2H3,(H,17,18). The number of rotatable bonds is 4. The molecule has 1 fully saturated rings. The molecular weight excluding hydrogens is 228 g/mol. The van der Waals surface area contributed by atoms with Crippen molar-refractivity contribution in [3.63, 3.8) is 0 Å². The van der Waals surface area contributed by atoms with Gasteiger partial charge in [-0.15, -0.1) is 0 Å². The van der Waals surface area contributed by atoms with Gasteiger partial charge in [0.1, 0.15) is 0 Å². The van der Waals surface area contributed by atoms with Crippen molar-refractivity contribution in [3.05, 3.63) is 35.4 Å². The number of likely N-dealkylation sites (tertiary alicyclic amines) is 1. The molecule has 1 aromatic carbocycles. The first kappa shape index (κ1) is 13.1. The van der Waals surface area contributed by atoms with E-state index in [2.05, 4.69) is 23.9 Å². The Morgan fingerprint density at radius 3 is 2.61 bits per heavy atom. The molecule has 1 N–H and O–H groups in total. The van der Waals surface area contributed by atoms with Crippen LogP contribution in [-0.4, -0.2) is 54.1 Å². The van der Waals surface area contributed by atoms with Gasteiger partial charge in [0.25, 0.3) is 0 Å². The van der Waals surface area contributed by atoms with E-state index < -0.39 is 5.97 Å². The fraction of sp³-hybridized carbons (Fsp3) is 0.500. The smallest absolute Gasteiger partial charge is 0.335 e. The lowest BCUT2D eigenvalue weighted by atomic mass is 10.1. The molecule has 1 saturated heterocycles. The van der Waals surface area contributed by atoms with Crippen molar-refractivity contribution in [1.82, 2.24) is 9.80 Å². The molecule has 4 heteroatoms. The van der Waals surface area contributed by atoms with E-state index in [0.717, 1.165) is 25.2 Å². The van der Waals surface area contributed by atoms with Crippen LogP contribution in [0.15, 0.2) is 24.3 Å². The van der Waals surface area contributed by atoms with Crippen LogP contribution in [0.4, 0.5) is 0 Å². The average Bonchev–Trinajstić information content (AvgIpc) is 2.76. The molecule has 0 bridgehead atoms. The van der Waals surface area contributed by atoms with Gasteiger partial charge < -0.3 is 10.0 Å². The van der Waals surface area contributed by atoms with Crippen LogP contribution in [0.5, 0.6) is 0 Å². The molecule has 4 nitrogen and oxygen atoms in total. The lowest BCUT2D eigenvalue weighted by molar-refractivity contribution is 0.0697. The first-order valence-electron chi connectivity index (χ1n) is 6.27. The van der Waals surface area contributed by atoms with Crippen LogP contribution < -0.4 is 0 Å². The summed E-state index contributed by atoms with van der Waals surface area (Å²) in [5, 5.41) is 8.84. The molecule has 0 spiro atoms. The van der Waals surface area contributed by atoms with Gasteiger partial charge in [-0.2, -0.15) is 0 Å². The molecule has 1 unspecified atom stereocenters. The fourth-order valence-electron chi connectivity index (χ4n) is 2.44. The summed E-state index contributed by atoms with van der Waals surface area (Å²) in [5.41, 5.74) is 1.51. The van der Waals surface area contributed by atoms with E-state index in [1.54, 1.807) is 12.1 Å². The quantitative estimate of drug-likeness (QED) is 0.877. The molecular formula is C14H20N2O2. The normalized spacial score (nSPS) is 20.5. The van der Waals surface area contributed by atoms with Gasteiger partial charge in [0.2, 0.25) is 0 Å². The first-order chi connectivity index (χ1) is 8.56. The minimum absolute atomic E-state index is 0.349. The molecule has 1 aliphatic heterocycles. The van der Waals surface area contributed by atoms with Crippen LogP contribution in [0.25, 0.3) is 0 Å². The molecule has 1 aromatic rings. The largest absolute Gasteiger partial charge is 0.478 e. The van der Waals surface area contributed by atoms with Crippen molar-refractivity contribution in [2.75, 3.05) is 27.2 Å². The van der Waals surface area contributed by atoms with Crippen molar-refractivity contribution < 1.29 is 9.90 Å². The van der Waals surface area contributed by atoms with Crippen LogP contribution in [0, 0.1) is 0 Å². The third-order valence-corrected chi connectivity index (χ3v) is 3.62. The van der Waals surface area contributed by atoms with Gasteiger partial charge in [-0.1, -0.05) is 12.1 Å². The van der Waals surface area contributed by atoms with Gasteiger partial charge in [0.15, 0.2) is 0 Å². The van der Waals surface area contributed by atoms with Gasteiger partial charge in [0.05, 0.1) is 5.56 Å². The number of aromatic carboxylic acids is 1. The van der Waals surface area contributed by atoms with Gasteiger partial charge >= 0.3 is 5.97 Å². The number of likely N-dealkylation sites (N-methyl/N-ethyl adjacent to an activating group) is 2. The molecule has 0 aromatic heterocycles. The first-order valence-corrected chi connectivity index (χ1v) is 6.27. The summed E-state index contributed by atoms with van der Waals surface area (Å²) in [6, 6.07) is 7.75. The Balaban J connectivity index is 1.94. The number of carboxylic acids is 1. The SMILES string of the molecule is CN1CCC(N(C)Cc2ccc(C(=O)O)cc2)C1. The van der Waals surface area contributed by atoms with Gasteiger partial charge in [-0.25, -0.2) is 4.79 Å². The van der Waals surface area contributed by atoms with E-state index in [9.17, 15) is 4.79 Å². The number of hydrogen-bond donors (Lipinski definition) is 1. The Labute approximate surface area is 108 Å². The molecule has 98 valence electrons. The summed E-state index contributed by atoms with van der Waals surface area (Å²) in [6.07, 6.45) is 1.21. The highest BCUT2D eigenvalue weighted by Gasteiger charge is 2.22.